The number of carbonyl (C=O) groups excluding carboxylic acids is 1. The quantitative estimate of drug-likeness (QED) is 0.651. The van der Waals surface area contributed by atoms with Gasteiger partial charge in [0.2, 0.25) is 5.91 Å². The zero-order valence-electron chi connectivity index (χ0n) is 14.6. The third-order valence-corrected chi connectivity index (χ3v) is 4.58. The van der Waals surface area contributed by atoms with Gasteiger partial charge in [0.1, 0.15) is 5.65 Å². The second-order valence-electron chi connectivity index (χ2n) is 6.44. The van der Waals surface area contributed by atoms with Crippen molar-refractivity contribution in [1.29, 1.82) is 0 Å². The maximum atomic E-state index is 11.7. The van der Waals surface area contributed by atoms with Gasteiger partial charge in [-0.15, -0.1) is 0 Å². The normalized spacial score (nSPS) is 17.0. The number of imidazole rings is 1. The second-order valence-corrected chi connectivity index (χ2v) is 6.44. The van der Waals surface area contributed by atoms with Crippen LogP contribution in [-0.4, -0.2) is 54.7 Å². The summed E-state index contributed by atoms with van der Waals surface area (Å²) < 4.78 is 9.57. The zero-order valence-corrected chi connectivity index (χ0v) is 14.6. The fourth-order valence-electron chi connectivity index (χ4n) is 3.19. The number of amides is 1. The molecule has 8 nitrogen and oxygen atoms in total. The van der Waals surface area contributed by atoms with Crippen molar-refractivity contribution in [2.24, 2.45) is 13.0 Å². The van der Waals surface area contributed by atoms with Crippen LogP contribution in [0.15, 0.2) is 43.5 Å². The van der Waals surface area contributed by atoms with E-state index in [4.69, 9.17) is 4.74 Å². The average Bonchev–Trinajstić information content (AvgIpc) is 3.38. The predicted molar refractivity (Wildman–Crippen MR) is 95.6 cm³/mol. The van der Waals surface area contributed by atoms with Crippen LogP contribution in [0.4, 0.5) is 0 Å². The fraction of sp³-hybridized carbons (Fsp3) is 0.333. The first-order valence-electron chi connectivity index (χ1n) is 8.51. The minimum absolute atomic E-state index is 0.0267. The lowest BCUT2D eigenvalue weighted by Gasteiger charge is -2.15. The highest BCUT2D eigenvalue weighted by Gasteiger charge is 2.25. The van der Waals surface area contributed by atoms with Crippen LogP contribution in [0, 0.1) is 5.92 Å². The Morgan fingerprint density at radius 3 is 3.15 bits per heavy atom. The molecule has 1 unspecified atom stereocenters. The third-order valence-electron chi connectivity index (χ3n) is 4.58. The average molecular weight is 352 g/mol. The summed E-state index contributed by atoms with van der Waals surface area (Å²) in [5, 5.41) is 4.20. The molecule has 0 spiro atoms. The van der Waals surface area contributed by atoms with Gasteiger partial charge < -0.3 is 9.64 Å². The largest absolute Gasteiger partial charge is 0.464 e. The van der Waals surface area contributed by atoms with Crippen molar-refractivity contribution in [3.05, 3.63) is 43.5 Å². The van der Waals surface area contributed by atoms with Crippen molar-refractivity contribution >= 4 is 11.6 Å². The smallest absolute Gasteiger partial charge is 0.302 e. The number of fused-ring (bicyclic) bond motifs is 1. The molecule has 3 aromatic heterocycles. The second kappa shape index (κ2) is 6.62. The highest BCUT2D eigenvalue weighted by atomic mass is 16.5. The van der Waals surface area contributed by atoms with E-state index in [1.165, 1.54) is 6.08 Å². The number of hydrogen-bond acceptors (Lipinski definition) is 5. The van der Waals surface area contributed by atoms with E-state index in [0.29, 0.717) is 19.2 Å². The Bertz CT molecular complexity index is 960. The number of aromatic nitrogens is 5. The molecule has 0 aliphatic carbocycles. The van der Waals surface area contributed by atoms with Crippen LogP contribution in [0.25, 0.3) is 16.9 Å². The van der Waals surface area contributed by atoms with E-state index in [0.717, 1.165) is 29.9 Å². The molecule has 0 N–H and O–H groups in total. The van der Waals surface area contributed by atoms with Gasteiger partial charge in [-0.25, -0.2) is 4.98 Å². The molecule has 0 radical (unpaired) electrons. The topological polar surface area (TPSA) is 77.6 Å². The monoisotopic (exact) mass is 352 g/mol. The van der Waals surface area contributed by atoms with Crippen LogP contribution in [-0.2, 0) is 11.8 Å². The molecular formula is C18H20N6O2. The maximum absolute atomic E-state index is 11.7. The number of nitrogens with zero attached hydrogens (tertiary/aromatic N) is 6. The van der Waals surface area contributed by atoms with E-state index in [2.05, 4.69) is 21.6 Å². The molecule has 1 fully saturated rings. The Hall–Kier alpha value is -3.16. The summed E-state index contributed by atoms with van der Waals surface area (Å²) in [6.07, 6.45) is 9.48. The van der Waals surface area contributed by atoms with Gasteiger partial charge in [-0.1, -0.05) is 6.58 Å². The van der Waals surface area contributed by atoms with Gasteiger partial charge in [-0.05, 0) is 12.5 Å². The van der Waals surface area contributed by atoms with Crippen LogP contribution in [0.5, 0.6) is 6.01 Å². The summed E-state index contributed by atoms with van der Waals surface area (Å²) in [5.74, 6) is 0.252. The minimum Gasteiger partial charge on any atom is -0.464 e. The van der Waals surface area contributed by atoms with Crippen molar-refractivity contribution in [3.8, 4) is 17.3 Å². The highest BCUT2D eigenvalue weighted by molar-refractivity contribution is 5.87. The first-order chi connectivity index (χ1) is 12.6. The Kier molecular flexibility index (Phi) is 4.16. The van der Waals surface area contributed by atoms with Gasteiger partial charge in [-0.3, -0.25) is 13.9 Å². The summed E-state index contributed by atoms with van der Waals surface area (Å²) in [5.41, 5.74) is 2.44. The van der Waals surface area contributed by atoms with Crippen molar-refractivity contribution < 1.29 is 9.53 Å². The summed E-state index contributed by atoms with van der Waals surface area (Å²) >= 11 is 0. The number of rotatable bonds is 5. The lowest BCUT2D eigenvalue weighted by atomic mass is 10.1. The van der Waals surface area contributed by atoms with Crippen LogP contribution >= 0.6 is 0 Å². The van der Waals surface area contributed by atoms with Gasteiger partial charge in [-0.2, -0.15) is 10.1 Å². The molecule has 26 heavy (non-hydrogen) atoms. The molecule has 4 heterocycles. The third kappa shape index (κ3) is 3.05. The van der Waals surface area contributed by atoms with Crippen molar-refractivity contribution in [2.75, 3.05) is 19.7 Å². The fourth-order valence-corrected chi connectivity index (χ4v) is 3.19. The summed E-state index contributed by atoms with van der Waals surface area (Å²) in [4.78, 5) is 22.5. The molecule has 0 aromatic carbocycles. The number of ether oxygens (including phenoxy) is 1. The number of likely N-dealkylation sites (tertiary alicyclic amines) is 1. The summed E-state index contributed by atoms with van der Waals surface area (Å²) in [6.45, 7) is 5.46. The van der Waals surface area contributed by atoms with Crippen LogP contribution in [0.3, 0.4) is 0 Å². The van der Waals surface area contributed by atoms with E-state index >= 15 is 0 Å². The van der Waals surface area contributed by atoms with E-state index in [1.807, 2.05) is 29.9 Å². The van der Waals surface area contributed by atoms with E-state index in [1.54, 1.807) is 22.0 Å². The van der Waals surface area contributed by atoms with E-state index in [-0.39, 0.29) is 11.8 Å². The van der Waals surface area contributed by atoms with Gasteiger partial charge in [0.25, 0.3) is 0 Å². The van der Waals surface area contributed by atoms with Crippen LogP contribution < -0.4 is 4.74 Å². The Morgan fingerprint density at radius 1 is 1.50 bits per heavy atom. The van der Waals surface area contributed by atoms with Crippen LogP contribution in [0.2, 0.25) is 0 Å². The molecule has 0 saturated carbocycles. The first-order valence-corrected chi connectivity index (χ1v) is 8.51. The number of carbonyl (C=O) groups is 1. The number of hydrogen-bond donors (Lipinski definition) is 0. The molecule has 0 bridgehead atoms. The molecule has 1 aliphatic heterocycles. The molecule has 8 heteroatoms. The van der Waals surface area contributed by atoms with Gasteiger partial charge in [0.05, 0.1) is 18.5 Å². The van der Waals surface area contributed by atoms with Crippen LogP contribution in [0.1, 0.15) is 6.42 Å². The lowest BCUT2D eigenvalue weighted by molar-refractivity contribution is -0.125. The minimum atomic E-state index is -0.0267. The maximum Gasteiger partial charge on any atom is 0.302 e. The van der Waals surface area contributed by atoms with E-state index < -0.39 is 0 Å². The summed E-state index contributed by atoms with van der Waals surface area (Å²) in [7, 11) is 1.87. The Morgan fingerprint density at radius 2 is 2.38 bits per heavy atom. The lowest BCUT2D eigenvalue weighted by Crippen LogP contribution is -2.27. The Balaban J connectivity index is 1.54. The van der Waals surface area contributed by atoms with E-state index in [9.17, 15) is 4.79 Å². The molecule has 1 atom stereocenters. The first kappa shape index (κ1) is 16.3. The van der Waals surface area contributed by atoms with Gasteiger partial charge >= 0.3 is 6.01 Å². The molecular weight excluding hydrogens is 332 g/mol. The molecule has 1 amide bonds. The summed E-state index contributed by atoms with van der Waals surface area (Å²) in [6, 6.07) is 2.40. The predicted octanol–water partition coefficient (Wildman–Crippen LogP) is 1.54. The van der Waals surface area contributed by atoms with Gasteiger partial charge in [0, 0.05) is 56.3 Å². The van der Waals surface area contributed by atoms with Gasteiger partial charge in [0.15, 0.2) is 0 Å². The highest BCUT2D eigenvalue weighted by Crippen LogP contribution is 2.23. The standard InChI is InChI=1S/C18H20N6O2/c1-3-17(25)23-6-4-13(10-23)12-26-18-21-15(14-9-20-22(2)11-14)8-16-19-5-7-24(16)18/h3,5,7-9,11,13H,1,4,6,10,12H2,2H3. The zero-order chi connectivity index (χ0) is 18.1. The molecule has 3 aromatic rings. The molecule has 1 saturated heterocycles. The molecule has 1 aliphatic rings. The molecule has 4 rings (SSSR count). The van der Waals surface area contributed by atoms with Crippen molar-refractivity contribution in [3.63, 3.8) is 0 Å². The molecule has 134 valence electrons. The SMILES string of the molecule is C=CC(=O)N1CCC(COc2nc(-c3cnn(C)c3)cc3nccn23)C1. The van der Waals surface area contributed by atoms with Crippen molar-refractivity contribution in [1.82, 2.24) is 29.0 Å². The van der Waals surface area contributed by atoms with Crippen molar-refractivity contribution in [2.45, 2.75) is 6.42 Å². The Labute approximate surface area is 150 Å². The number of aryl methyl sites for hydroxylation is 1.